The predicted molar refractivity (Wildman–Crippen MR) is 116 cm³/mol. The molecule has 0 fully saturated rings. The summed E-state index contributed by atoms with van der Waals surface area (Å²) in [6.07, 6.45) is 1.04. The number of rotatable bonds is 6. The van der Waals surface area contributed by atoms with E-state index in [-0.39, 0.29) is 17.2 Å². The van der Waals surface area contributed by atoms with E-state index in [1.807, 2.05) is 24.3 Å². The van der Waals surface area contributed by atoms with Crippen LogP contribution in [0.2, 0.25) is 5.02 Å². The average molecular weight is 416 g/mol. The second kappa shape index (κ2) is 8.80. The molecule has 3 rings (SSSR count). The van der Waals surface area contributed by atoms with Crippen LogP contribution in [0.5, 0.6) is 0 Å². The quantitative estimate of drug-likeness (QED) is 0.479. The summed E-state index contributed by atoms with van der Waals surface area (Å²) in [5, 5.41) is 3.99. The van der Waals surface area contributed by atoms with E-state index in [0.29, 0.717) is 32.7 Å². The monoisotopic (exact) mass is 415 g/mol. The molecule has 1 amide bonds. The number of fused-ring (bicyclic) bond motifs is 1. The van der Waals surface area contributed by atoms with Gasteiger partial charge in [-0.05, 0) is 48.2 Å². The molecule has 7 heteroatoms. The van der Waals surface area contributed by atoms with Crippen LogP contribution in [-0.4, -0.2) is 28.3 Å². The van der Waals surface area contributed by atoms with Gasteiger partial charge in [-0.25, -0.2) is 4.98 Å². The minimum absolute atomic E-state index is 0.130. The van der Waals surface area contributed by atoms with E-state index in [4.69, 9.17) is 11.6 Å². The Bertz CT molecular complexity index is 1060. The Labute approximate surface area is 173 Å². The second-order valence-electron chi connectivity index (χ2n) is 6.56. The summed E-state index contributed by atoms with van der Waals surface area (Å²) in [4.78, 5) is 29.6. The zero-order valence-electron chi connectivity index (χ0n) is 16.0. The summed E-state index contributed by atoms with van der Waals surface area (Å²) in [6, 6.07) is 13.0. The SMILES string of the molecule is CC[C@@H](C)c1ccc(-n2c(SCC(=O)NC)nc3ccc(Cl)cc3c2=O)cc1. The van der Waals surface area contributed by atoms with Crippen molar-refractivity contribution in [2.24, 2.45) is 0 Å². The van der Waals surface area contributed by atoms with E-state index in [9.17, 15) is 9.59 Å². The van der Waals surface area contributed by atoms with Crippen LogP contribution < -0.4 is 10.9 Å². The van der Waals surface area contributed by atoms with Gasteiger partial charge in [-0.3, -0.25) is 14.2 Å². The molecule has 1 atom stereocenters. The van der Waals surface area contributed by atoms with Crippen molar-refractivity contribution >= 4 is 40.2 Å². The largest absolute Gasteiger partial charge is 0.358 e. The number of hydrogen-bond donors (Lipinski definition) is 1. The molecule has 0 spiro atoms. The van der Waals surface area contributed by atoms with Gasteiger partial charge in [0.2, 0.25) is 5.91 Å². The first-order chi connectivity index (χ1) is 13.4. The van der Waals surface area contributed by atoms with Gasteiger partial charge in [-0.15, -0.1) is 0 Å². The first-order valence-corrected chi connectivity index (χ1v) is 10.5. The number of halogens is 1. The van der Waals surface area contributed by atoms with Crippen LogP contribution in [0.15, 0.2) is 52.4 Å². The molecule has 1 N–H and O–H groups in total. The lowest BCUT2D eigenvalue weighted by atomic mass is 9.98. The van der Waals surface area contributed by atoms with Crippen LogP contribution in [0, 0.1) is 0 Å². The van der Waals surface area contributed by atoms with Crippen molar-refractivity contribution in [1.82, 2.24) is 14.9 Å². The van der Waals surface area contributed by atoms with Crippen molar-refractivity contribution in [2.75, 3.05) is 12.8 Å². The van der Waals surface area contributed by atoms with Gasteiger partial charge in [0.15, 0.2) is 5.16 Å². The second-order valence-corrected chi connectivity index (χ2v) is 7.94. The Kier molecular flexibility index (Phi) is 6.42. The molecule has 5 nitrogen and oxygen atoms in total. The van der Waals surface area contributed by atoms with Crippen molar-refractivity contribution in [2.45, 2.75) is 31.3 Å². The first kappa shape index (κ1) is 20.4. The molecule has 2 aromatic carbocycles. The van der Waals surface area contributed by atoms with Gasteiger partial charge in [-0.1, -0.05) is 49.3 Å². The van der Waals surface area contributed by atoms with E-state index < -0.39 is 0 Å². The standard InChI is InChI=1S/C21H22ClN3O2S/c1-4-13(2)14-5-8-16(9-6-14)25-20(27)17-11-15(22)7-10-18(17)24-21(25)28-12-19(26)23-3/h5-11,13H,4,12H2,1-3H3,(H,23,26)/t13-/m1/s1. The Morgan fingerprint density at radius 3 is 2.61 bits per heavy atom. The maximum absolute atomic E-state index is 13.2. The molecule has 0 saturated heterocycles. The van der Waals surface area contributed by atoms with Crippen molar-refractivity contribution < 1.29 is 4.79 Å². The third-order valence-corrected chi connectivity index (χ3v) is 5.92. The summed E-state index contributed by atoms with van der Waals surface area (Å²) in [6.45, 7) is 4.32. The van der Waals surface area contributed by atoms with E-state index in [1.165, 1.54) is 17.3 Å². The lowest BCUT2D eigenvalue weighted by molar-refractivity contribution is -0.118. The summed E-state index contributed by atoms with van der Waals surface area (Å²) < 4.78 is 1.55. The topological polar surface area (TPSA) is 64.0 Å². The zero-order chi connectivity index (χ0) is 20.3. The summed E-state index contributed by atoms with van der Waals surface area (Å²) in [7, 11) is 1.58. The van der Waals surface area contributed by atoms with Crippen LogP contribution in [0.4, 0.5) is 0 Å². The highest BCUT2D eigenvalue weighted by molar-refractivity contribution is 7.99. The molecule has 0 aliphatic heterocycles. The molecule has 0 radical (unpaired) electrons. The zero-order valence-corrected chi connectivity index (χ0v) is 17.6. The van der Waals surface area contributed by atoms with Crippen LogP contribution in [0.1, 0.15) is 31.7 Å². The normalized spacial score (nSPS) is 12.1. The Balaban J connectivity index is 2.15. The van der Waals surface area contributed by atoms with Gasteiger partial charge in [-0.2, -0.15) is 0 Å². The fourth-order valence-corrected chi connectivity index (χ4v) is 3.91. The van der Waals surface area contributed by atoms with Crippen molar-refractivity contribution in [3.8, 4) is 5.69 Å². The maximum Gasteiger partial charge on any atom is 0.266 e. The molecule has 1 aromatic heterocycles. The number of carbonyl (C=O) groups excluding carboxylic acids is 1. The summed E-state index contributed by atoms with van der Waals surface area (Å²) in [5.41, 5.74) is 2.28. The molecule has 0 unspecified atom stereocenters. The highest BCUT2D eigenvalue weighted by Gasteiger charge is 2.15. The van der Waals surface area contributed by atoms with Crippen molar-refractivity contribution in [1.29, 1.82) is 0 Å². The van der Waals surface area contributed by atoms with Crippen molar-refractivity contribution in [3.05, 3.63) is 63.4 Å². The molecule has 0 bridgehead atoms. The van der Waals surface area contributed by atoms with Gasteiger partial charge in [0.1, 0.15) is 0 Å². The number of benzene rings is 2. The number of nitrogens with zero attached hydrogens (tertiary/aromatic N) is 2. The fourth-order valence-electron chi connectivity index (χ4n) is 2.85. The Morgan fingerprint density at radius 1 is 1.25 bits per heavy atom. The third-order valence-electron chi connectivity index (χ3n) is 4.74. The number of nitrogens with one attached hydrogen (secondary N) is 1. The minimum atomic E-state index is -0.205. The molecule has 3 aromatic rings. The number of amides is 1. The van der Waals surface area contributed by atoms with Crippen LogP contribution in [0.25, 0.3) is 16.6 Å². The minimum Gasteiger partial charge on any atom is -0.358 e. The fraction of sp³-hybridized carbons (Fsp3) is 0.286. The van der Waals surface area contributed by atoms with Crippen LogP contribution in [-0.2, 0) is 4.79 Å². The first-order valence-electron chi connectivity index (χ1n) is 9.10. The maximum atomic E-state index is 13.2. The van der Waals surface area contributed by atoms with E-state index in [1.54, 1.807) is 29.8 Å². The Morgan fingerprint density at radius 2 is 1.96 bits per heavy atom. The lowest BCUT2D eigenvalue weighted by Gasteiger charge is -2.15. The molecule has 146 valence electrons. The van der Waals surface area contributed by atoms with Crippen molar-refractivity contribution in [3.63, 3.8) is 0 Å². The van der Waals surface area contributed by atoms with E-state index >= 15 is 0 Å². The number of hydrogen-bond acceptors (Lipinski definition) is 4. The van der Waals surface area contributed by atoms with Crippen LogP contribution >= 0.6 is 23.4 Å². The highest BCUT2D eigenvalue weighted by Crippen LogP contribution is 2.25. The Hall–Kier alpha value is -2.31. The third kappa shape index (κ3) is 4.23. The predicted octanol–water partition coefficient (Wildman–Crippen LogP) is 4.39. The number of carbonyl (C=O) groups is 1. The number of thioether (sulfide) groups is 1. The molecule has 28 heavy (non-hydrogen) atoms. The van der Waals surface area contributed by atoms with Gasteiger partial charge in [0, 0.05) is 12.1 Å². The van der Waals surface area contributed by atoms with Gasteiger partial charge >= 0.3 is 0 Å². The molecule has 0 aliphatic rings. The summed E-state index contributed by atoms with van der Waals surface area (Å²) >= 11 is 7.32. The van der Waals surface area contributed by atoms with E-state index in [2.05, 4.69) is 24.1 Å². The molecular weight excluding hydrogens is 394 g/mol. The lowest BCUT2D eigenvalue weighted by Crippen LogP contribution is -2.24. The van der Waals surface area contributed by atoms with Gasteiger partial charge in [0.25, 0.3) is 5.56 Å². The smallest absolute Gasteiger partial charge is 0.266 e. The average Bonchev–Trinajstić information content (AvgIpc) is 2.72. The molecule has 0 saturated carbocycles. The van der Waals surface area contributed by atoms with Gasteiger partial charge < -0.3 is 5.32 Å². The highest BCUT2D eigenvalue weighted by atomic mass is 35.5. The summed E-state index contributed by atoms with van der Waals surface area (Å²) in [5.74, 6) is 0.489. The molecule has 0 aliphatic carbocycles. The van der Waals surface area contributed by atoms with E-state index in [0.717, 1.165) is 6.42 Å². The number of aromatic nitrogens is 2. The molecule has 1 heterocycles. The van der Waals surface area contributed by atoms with Gasteiger partial charge in [0.05, 0.1) is 22.3 Å². The van der Waals surface area contributed by atoms with Crippen LogP contribution in [0.3, 0.4) is 0 Å². The molecular formula is C21H22ClN3O2S.